The van der Waals surface area contributed by atoms with Gasteiger partial charge in [0.25, 0.3) is 0 Å². The Morgan fingerprint density at radius 1 is 1.39 bits per heavy atom. The highest BCUT2D eigenvalue weighted by molar-refractivity contribution is 9.09. The zero-order chi connectivity index (χ0) is 13.1. The summed E-state index contributed by atoms with van der Waals surface area (Å²) in [6.45, 7) is 0. The zero-order valence-electron chi connectivity index (χ0n) is 10.3. The van der Waals surface area contributed by atoms with E-state index in [9.17, 15) is 9.59 Å². The monoisotopic (exact) mass is 332 g/mol. The summed E-state index contributed by atoms with van der Waals surface area (Å²) in [5.41, 5.74) is 1.24. The van der Waals surface area contributed by atoms with Gasteiger partial charge in [0.15, 0.2) is 0 Å². The van der Waals surface area contributed by atoms with E-state index in [0.29, 0.717) is 0 Å². The molecule has 0 fully saturated rings. The number of amides is 2. The minimum absolute atomic E-state index is 0.00859. The number of carbonyl (C=O) groups is 2. The summed E-state index contributed by atoms with van der Waals surface area (Å²) in [7, 11) is 1.65. The Hall–Kier alpha value is -0.490. The SMILES string of the molecule is CNC(=O)C1C2=C(CCCC2)SC1NC(=O)CBr. The number of alkyl halides is 1. The topological polar surface area (TPSA) is 58.2 Å². The van der Waals surface area contributed by atoms with Crippen molar-refractivity contribution in [1.82, 2.24) is 10.6 Å². The molecule has 18 heavy (non-hydrogen) atoms. The van der Waals surface area contributed by atoms with Gasteiger partial charge in [0.1, 0.15) is 0 Å². The highest BCUT2D eigenvalue weighted by Crippen LogP contribution is 2.47. The molecule has 2 rings (SSSR count). The van der Waals surface area contributed by atoms with Crippen molar-refractivity contribution in [2.75, 3.05) is 12.4 Å². The average molecular weight is 333 g/mol. The lowest BCUT2D eigenvalue weighted by atomic mass is 9.88. The molecule has 1 aliphatic carbocycles. The number of carbonyl (C=O) groups excluding carboxylic acids is 2. The van der Waals surface area contributed by atoms with Crippen LogP contribution in [0.4, 0.5) is 0 Å². The Morgan fingerprint density at radius 2 is 2.11 bits per heavy atom. The van der Waals surface area contributed by atoms with Crippen LogP contribution in [0, 0.1) is 5.92 Å². The van der Waals surface area contributed by atoms with E-state index in [-0.39, 0.29) is 28.4 Å². The van der Waals surface area contributed by atoms with Gasteiger partial charge in [-0.25, -0.2) is 0 Å². The first-order valence-corrected chi connectivity index (χ1v) is 8.13. The van der Waals surface area contributed by atoms with Crippen LogP contribution < -0.4 is 10.6 Å². The van der Waals surface area contributed by atoms with Crippen molar-refractivity contribution in [2.45, 2.75) is 31.1 Å². The van der Waals surface area contributed by atoms with E-state index in [1.165, 1.54) is 16.9 Å². The van der Waals surface area contributed by atoms with E-state index in [0.717, 1.165) is 19.3 Å². The largest absolute Gasteiger partial charge is 0.359 e. The second-order valence-electron chi connectivity index (χ2n) is 4.49. The van der Waals surface area contributed by atoms with Crippen molar-refractivity contribution in [1.29, 1.82) is 0 Å². The summed E-state index contributed by atoms with van der Waals surface area (Å²) >= 11 is 4.79. The number of rotatable bonds is 3. The van der Waals surface area contributed by atoms with Crippen LogP contribution in [0.25, 0.3) is 0 Å². The first-order valence-electron chi connectivity index (χ1n) is 6.13. The predicted octanol–water partition coefficient (Wildman–Crippen LogP) is 1.76. The quantitative estimate of drug-likeness (QED) is 0.774. The van der Waals surface area contributed by atoms with Gasteiger partial charge >= 0.3 is 0 Å². The third-order valence-electron chi connectivity index (χ3n) is 3.36. The van der Waals surface area contributed by atoms with Crippen LogP contribution in [0.15, 0.2) is 10.5 Å². The molecular weight excluding hydrogens is 316 g/mol. The van der Waals surface area contributed by atoms with Gasteiger partial charge in [0.2, 0.25) is 11.8 Å². The minimum atomic E-state index is -0.196. The van der Waals surface area contributed by atoms with E-state index < -0.39 is 0 Å². The molecule has 2 atom stereocenters. The van der Waals surface area contributed by atoms with Gasteiger partial charge in [-0.15, -0.1) is 11.8 Å². The highest BCUT2D eigenvalue weighted by atomic mass is 79.9. The number of halogens is 1. The van der Waals surface area contributed by atoms with Crippen molar-refractivity contribution in [3.05, 3.63) is 10.5 Å². The lowest BCUT2D eigenvalue weighted by Gasteiger charge is -2.21. The molecule has 0 aromatic rings. The third kappa shape index (κ3) is 2.74. The second-order valence-corrected chi connectivity index (χ2v) is 6.28. The van der Waals surface area contributed by atoms with E-state index in [4.69, 9.17) is 0 Å². The summed E-state index contributed by atoms with van der Waals surface area (Å²) in [5, 5.41) is 5.77. The van der Waals surface area contributed by atoms with Gasteiger partial charge in [-0.1, -0.05) is 15.9 Å². The normalized spacial score (nSPS) is 26.8. The average Bonchev–Trinajstić information content (AvgIpc) is 2.75. The van der Waals surface area contributed by atoms with Gasteiger partial charge in [0.05, 0.1) is 16.6 Å². The standard InChI is InChI=1S/C12H17BrN2O2S/c1-14-11(17)10-7-4-2-3-5-8(7)18-12(10)15-9(16)6-13/h10,12H,2-6H2,1H3,(H,14,17)(H,15,16). The molecule has 0 saturated heterocycles. The number of allylic oxidation sites excluding steroid dienone is 1. The smallest absolute Gasteiger partial charge is 0.231 e. The predicted molar refractivity (Wildman–Crippen MR) is 76.4 cm³/mol. The van der Waals surface area contributed by atoms with Gasteiger partial charge in [-0.05, 0) is 36.2 Å². The molecule has 6 heteroatoms. The third-order valence-corrected chi connectivity index (χ3v) is 5.26. The Kier molecular flexibility index (Phi) is 4.72. The molecule has 0 aromatic carbocycles. The fourth-order valence-electron chi connectivity index (χ4n) is 2.53. The zero-order valence-corrected chi connectivity index (χ0v) is 12.7. The minimum Gasteiger partial charge on any atom is -0.359 e. The molecule has 2 unspecified atom stereocenters. The van der Waals surface area contributed by atoms with Crippen molar-refractivity contribution in [3.8, 4) is 0 Å². The van der Waals surface area contributed by atoms with Crippen LogP contribution in [0.3, 0.4) is 0 Å². The number of hydrogen-bond donors (Lipinski definition) is 2. The Labute approximate surface area is 119 Å². The van der Waals surface area contributed by atoms with E-state index in [1.807, 2.05) is 0 Å². The molecule has 1 aliphatic heterocycles. The molecule has 0 aromatic heterocycles. The summed E-state index contributed by atoms with van der Waals surface area (Å²) in [5.74, 6) is -0.256. The van der Waals surface area contributed by atoms with Gasteiger partial charge < -0.3 is 10.6 Å². The fourth-order valence-corrected chi connectivity index (χ4v) is 4.26. The molecule has 2 N–H and O–H groups in total. The summed E-state index contributed by atoms with van der Waals surface area (Å²) in [4.78, 5) is 24.9. The first-order chi connectivity index (χ1) is 8.67. The summed E-state index contributed by atoms with van der Waals surface area (Å²) < 4.78 is 0. The Balaban J connectivity index is 2.17. The van der Waals surface area contributed by atoms with E-state index in [1.54, 1.807) is 18.8 Å². The fraction of sp³-hybridized carbons (Fsp3) is 0.667. The van der Waals surface area contributed by atoms with Crippen LogP contribution in [-0.2, 0) is 9.59 Å². The van der Waals surface area contributed by atoms with Crippen LogP contribution in [-0.4, -0.2) is 29.6 Å². The van der Waals surface area contributed by atoms with Crippen LogP contribution in [0.5, 0.6) is 0 Å². The molecule has 1 heterocycles. The molecule has 0 spiro atoms. The van der Waals surface area contributed by atoms with Gasteiger partial charge in [0, 0.05) is 7.05 Å². The molecule has 2 amide bonds. The molecule has 0 saturated carbocycles. The molecule has 100 valence electrons. The van der Waals surface area contributed by atoms with Crippen LogP contribution >= 0.6 is 27.7 Å². The molecule has 4 nitrogen and oxygen atoms in total. The summed E-state index contributed by atoms with van der Waals surface area (Å²) in [6, 6.07) is 0. The summed E-state index contributed by atoms with van der Waals surface area (Å²) in [6.07, 6.45) is 4.37. The van der Waals surface area contributed by atoms with Gasteiger partial charge in [-0.2, -0.15) is 0 Å². The maximum atomic E-state index is 12.0. The van der Waals surface area contributed by atoms with Crippen molar-refractivity contribution >= 4 is 39.5 Å². The van der Waals surface area contributed by atoms with Crippen LogP contribution in [0.1, 0.15) is 25.7 Å². The molecule has 2 aliphatic rings. The molecule has 0 bridgehead atoms. The first kappa shape index (κ1) is 13.9. The highest BCUT2D eigenvalue weighted by Gasteiger charge is 2.41. The maximum absolute atomic E-state index is 12.0. The lowest BCUT2D eigenvalue weighted by Crippen LogP contribution is -2.43. The molecular formula is C12H17BrN2O2S. The van der Waals surface area contributed by atoms with E-state index in [2.05, 4.69) is 26.6 Å². The van der Waals surface area contributed by atoms with Gasteiger partial charge in [-0.3, -0.25) is 9.59 Å². The lowest BCUT2D eigenvalue weighted by molar-refractivity contribution is -0.124. The molecule has 0 radical (unpaired) electrons. The number of hydrogen-bond acceptors (Lipinski definition) is 3. The van der Waals surface area contributed by atoms with Crippen LogP contribution in [0.2, 0.25) is 0 Å². The number of nitrogens with one attached hydrogen (secondary N) is 2. The van der Waals surface area contributed by atoms with E-state index >= 15 is 0 Å². The Bertz CT molecular complexity index is 398. The second kappa shape index (κ2) is 6.10. The maximum Gasteiger partial charge on any atom is 0.231 e. The van der Waals surface area contributed by atoms with Crippen molar-refractivity contribution in [3.63, 3.8) is 0 Å². The number of thioether (sulfide) groups is 1. The van der Waals surface area contributed by atoms with Crippen molar-refractivity contribution in [2.24, 2.45) is 5.92 Å². The Morgan fingerprint density at radius 3 is 2.78 bits per heavy atom. The van der Waals surface area contributed by atoms with Crippen molar-refractivity contribution < 1.29 is 9.59 Å².